The van der Waals surface area contributed by atoms with E-state index in [0.29, 0.717) is 18.0 Å². The molecule has 3 heterocycles. The number of amides is 1. The molecule has 3 aromatic rings. The normalized spacial score (nSPS) is 15.4. The fourth-order valence-corrected chi connectivity index (χ4v) is 4.06. The second-order valence-corrected chi connectivity index (χ2v) is 7.60. The number of hydrogen-bond acceptors (Lipinski definition) is 6. The van der Waals surface area contributed by atoms with Crippen LogP contribution in [0.3, 0.4) is 0 Å². The zero-order valence-corrected chi connectivity index (χ0v) is 16.0. The predicted octanol–water partition coefficient (Wildman–Crippen LogP) is 2.19. The monoisotopic (exact) mass is 383 g/mol. The number of aromatic nitrogens is 3. The van der Waals surface area contributed by atoms with Crippen molar-refractivity contribution >= 4 is 28.0 Å². The van der Waals surface area contributed by atoms with Crippen LogP contribution in [0.5, 0.6) is 0 Å². The molecule has 4 rings (SSSR count). The van der Waals surface area contributed by atoms with Crippen molar-refractivity contribution in [2.75, 3.05) is 32.7 Å². The standard InChI is InChI=1S/C19H21N5O2S/c1-14(25)23-11-9-22(10-12-23)8-7-17(26)18-21-24-13-16(20-19(24)27-18)15-5-3-2-4-6-15/h2-6,13H,7-12H2,1H3. The number of imidazole rings is 1. The molecule has 0 radical (unpaired) electrons. The summed E-state index contributed by atoms with van der Waals surface area (Å²) in [5.74, 6) is 0.160. The van der Waals surface area contributed by atoms with Crippen LogP contribution >= 0.6 is 11.3 Å². The zero-order valence-electron chi connectivity index (χ0n) is 15.2. The number of carbonyl (C=O) groups excluding carboxylic acids is 2. The first-order valence-corrected chi connectivity index (χ1v) is 9.84. The summed E-state index contributed by atoms with van der Waals surface area (Å²) in [6, 6.07) is 9.93. The fraction of sp³-hybridized carbons (Fsp3) is 0.368. The second-order valence-electron chi connectivity index (χ2n) is 6.65. The predicted molar refractivity (Wildman–Crippen MR) is 104 cm³/mol. The third-order valence-electron chi connectivity index (χ3n) is 4.82. The van der Waals surface area contributed by atoms with Gasteiger partial charge in [0, 0.05) is 51.6 Å². The van der Waals surface area contributed by atoms with Gasteiger partial charge in [0.1, 0.15) is 0 Å². The molecule has 140 valence electrons. The SMILES string of the molecule is CC(=O)N1CCN(CCC(=O)c2nn3cc(-c4ccccc4)nc3s2)CC1. The van der Waals surface area contributed by atoms with Crippen LogP contribution in [0.1, 0.15) is 23.1 Å². The van der Waals surface area contributed by atoms with Gasteiger partial charge in [0.15, 0.2) is 10.8 Å². The molecule has 1 saturated heterocycles. The second kappa shape index (κ2) is 7.58. The molecule has 0 bridgehead atoms. The van der Waals surface area contributed by atoms with Crippen LogP contribution in [0.25, 0.3) is 16.2 Å². The zero-order chi connectivity index (χ0) is 18.8. The molecule has 0 spiro atoms. The van der Waals surface area contributed by atoms with E-state index in [-0.39, 0.29) is 11.7 Å². The first-order valence-electron chi connectivity index (χ1n) is 9.03. The lowest BCUT2D eigenvalue weighted by atomic mass is 10.2. The molecule has 1 amide bonds. The Kier molecular flexibility index (Phi) is 5.00. The number of benzene rings is 1. The Balaban J connectivity index is 1.36. The molecule has 8 heteroatoms. The van der Waals surface area contributed by atoms with Gasteiger partial charge in [-0.25, -0.2) is 9.50 Å². The van der Waals surface area contributed by atoms with Crippen molar-refractivity contribution in [2.45, 2.75) is 13.3 Å². The Labute approximate surface area is 161 Å². The summed E-state index contributed by atoms with van der Waals surface area (Å²) in [5.41, 5.74) is 1.89. The van der Waals surface area contributed by atoms with Gasteiger partial charge in [0.2, 0.25) is 10.9 Å². The largest absolute Gasteiger partial charge is 0.340 e. The highest BCUT2D eigenvalue weighted by Crippen LogP contribution is 2.22. The Hall–Kier alpha value is -2.58. The highest BCUT2D eigenvalue weighted by molar-refractivity contribution is 7.18. The first-order chi connectivity index (χ1) is 13.1. The van der Waals surface area contributed by atoms with Gasteiger partial charge >= 0.3 is 0 Å². The molecule has 0 unspecified atom stereocenters. The molecule has 27 heavy (non-hydrogen) atoms. The van der Waals surface area contributed by atoms with Crippen LogP contribution in [0.4, 0.5) is 0 Å². The van der Waals surface area contributed by atoms with Crippen LogP contribution in [-0.2, 0) is 4.79 Å². The van der Waals surface area contributed by atoms with Crippen molar-refractivity contribution in [1.82, 2.24) is 24.4 Å². The van der Waals surface area contributed by atoms with Gasteiger partial charge in [-0.2, -0.15) is 5.10 Å². The molecule has 0 atom stereocenters. The van der Waals surface area contributed by atoms with Crippen LogP contribution in [0.15, 0.2) is 36.5 Å². The molecule has 1 aliphatic rings. The number of fused-ring (bicyclic) bond motifs is 1. The highest BCUT2D eigenvalue weighted by atomic mass is 32.1. The van der Waals surface area contributed by atoms with Crippen LogP contribution in [0, 0.1) is 0 Å². The van der Waals surface area contributed by atoms with E-state index in [4.69, 9.17) is 0 Å². The highest BCUT2D eigenvalue weighted by Gasteiger charge is 2.20. The summed E-state index contributed by atoms with van der Waals surface area (Å²) in [5, 5.41) is 4.91. The van der Waals surface area contributed by atoms with Crippen molar-refractivity contribution in [1.29, 1.82) is 0 Å². The Morgan fingerprint density at radius 2 is 1.85 bits per heavy atom. The quantitative estimate of drug-likeness (QED) is 0.632. The molecule has 0 aliphatic carbocycles. The summed E-state index contributed by atoms with van der Waals surface area (Å²) in [7, 11) is 0. The average molecular weight is 383 g/mol. The number of ketones is 1. The van der Waals surface area contributed by atoms with Crippen LogP contribution in [0.2, 0.25) is 0 Å². The lowest BCUT2D eigenvalue weighted by Crippen LogP contribution is -2.48. The number of hydrogen-bond donors (Lipinski definition) is 0. The lowest BCUT2D eigenvalue weighted by molar-refractivity contribution is -0.130. The van der Waals surface area contributed by atoms with E-state index in [1.807, 2.05) is 41.4 Å². The van der Waals surface area contributed by atoms with Gasteiger partial charge in [0.05, 0.1) is 11.9 Å². The van der Waals surface area contributed by atoms with Gasteiger partial charge in [-0.1, -0.05) is 41.7 Å². The van der Waals surface area contributed by atoms with Gasteiger partial charge in [-0.15, -0.1) is 0 Å². The van der Waals surface area contributed by atoms with E-state index in [1.54, 1.807) is 11.4 Å². The summed E-state index contributed by atoms with van der Waals surface area (Å²) < 4.78 is 1.69. The molecular formula is C19H21N5O2S. The van der Waals surface area contributed by atoms with Gasteiger partial charge in [-0.3, -0.25) is 14.5 Å². The Morgan fingerprint density at radius 3 is 2.52 bits per heavy atom. The van der Waals surface area contributed by atoms with Crippen molar-refractivity contribution in [2.24, 2.45) is 0 Å². The van der Waals surface area contributed by atoms with Crippen molar-refractivity contribution in [3.63, 3.8) is 0 Å². The molecule has 1 aliphatic heterocycles. The van der Waals surface area contributed by atoms with E-state index in [2.05, 4.69) is 15.0 Å². The van der Waals surface area contributed by atoms with Crippen molar-refractivity contribution in [3.05, 3.63) is 41.5 Å². The number of piperazine rings is 1. The fourth-order valence-electron chi connectivity index (χ4n) is 3.21. The molecule has 1 fully saturated rings. The molecule has 0 N–H and O–H groups in total. The van der Waals surface area contributed by atoms with Gasteiger partial charge < -0.3 is 4.90 Å². The Bertz CT molecular complexity index is 926. The van der Waals surface area contributed by atoms with Crippen molar-refractivity contribution < 1.29 is 9.59 Å². The van der Waals surface area contributed by atoms with E-state index < -0.39 is 0 Å². The maximum absolute atomic E-state index is 12.5. The third-order valence-corrected chi connectivity index (χ3v) is 5.79. The minimum absolute atomic E-state index is 0.0424. The summed E-state index contributed by atoms with van der Waals surface area (Å²) in [6.07, 6.45) is 2.29. The number of rotatable bonds is 5. The van der Waals surface area contributed by atoms with Gasteiger partial charge in [0.25, 0.3) is 0 Å². The van der Waals surface area contributed by atoms with Crippen LogP contribution < -0.4 is 0 Å². The maximum Gasteiger partial charge on any atom is 0.219 e. The summed E-state index contributed by atoms with van der Waals surface area (Å²) in [4.78, 5) is 33.2. The van der Waals surface area contributed by atoms with Crippen LogP contribution in [-0.4, -0.2) is 68.8 Å². The van der Waals surface area contributed by atoms with E-state index >= 15 is 0 Å². The maximum atomic E-state index is 12.5. The smallest absolute Gasteiger partial charge is 0.219 e. The topological polar surface area (TPSA) is 70.8 Å². The van der Waals surface area contributed by atoms with Crippen molar-refractivity contribution in [3.8, 4) is 11.3 Å². The number of nitrogens with zero attached hydrogens (tertiary/aromatic N) is 5. The molecule has 1 aromatic carbocycles. The first kappa shape index (κ1) is 17.8. The minimum atomic E-state index is 0.0424. The molecule has 2 aromatic heterocycles. The van der Waals surface area contributed by atoms with E-state index in [1.165, 1.54) is 11.3 Å². The van der Waals surface area contributed by atoms with E-state index in [0.717, 1.165) is 42.4 Å². The molecule has 0 saturated carbocycles. The Morgan fingerprint density at radius 1 is 1.11 bits per heavy atom. The minimum Gasteiger partial charge on any atom is -0.340 e. The summed E-state index contributed by atoms with van der Waals surface area (Å²) in [6.45, 7) is 5.39. The molecule has 7 nitrogen and oxygen atoms in total. The lowest BCUT2D eigenvalue weighted by Gasteiger charge is -2.33. The number of carbonyl (C=O) groups is 2. The number of Topliss-reactive ketones (excluding diaryl/α,β-unsaturated/α-hetero) is 1. The third kappa shape index (κ3) is 3.91. The summed E-state index contributed by atoms with van der Waals surface area (Å²) >= 11 is 1.33. The average Bonchev–Trinajstić information content (AvgIpc) is 3.26. The van der Waals surface area contributed by atoms with Gasteiger partial charge in [-0.05, 0) is 0 Å². The molecular weight excluding hydrogens is 362 g/mol. The van der Waals surface area contributed by atoms with E-state index in [9.17, 15) is 9.59 Å².